The highest BCUT2D eigenvalue weighted by Crippen LogP contribution is 2.43. The van der Waals surface area contributed by atoms with Gasteiger partial charge in [-0.15, -0.1) is 0 Å². The monoisotopic (exact) mass is 564 g/mol. The Bertz CT molecular complexity index is 1030. The zero-order valence-electron chi connectivity index (χ0n) is 25.2. The van der Waals surface area contributed by atoms with Crippen molar-refractivity contribution in [2.45, 2.75) is 113 Å². The summed E-state index contributed by atoms with van der Waals surface area (Å²) in [5.74, 6) is -0.00982. The molecule has 0 aromatic heterocycles. The Kier molecular flexibility index (Phi) is 13.4. The van der Waals surface area contributed by atoms with Crippen molar-refractivity contribution in [3.05, 3.63) is 59.2 Å². The molecule has 2 aliphatic rings. The molecule has 0 bridgehead atoms. The van der Waals surface area contributed by atoms with E-state index in [9.17, 15) is 4.79 Å². The van der Waals surface area contributed by atoms with Gasteiger partial charge in [0, 0.05) is 55.0 Å². The van der Waals surface area contributed by atoms with Crippen molar-refractivity contribution in [3.8, 4) is 0 Å². The molecule has 2 aromatic carbocycles. The number of hydrogen-bond acceptors (Lipinski definition) is 5. The maximum Gasteiger partial charge on any atom is 0.305 e. The van der Waals surface area contributed by atoms with E-state index in [1.165, 1.54) is 71.4 Å². The number of rotatable bonds is 16. The predicted molar refractivity (Wildman–Crippen MR) is 168 cm³/mol. The summed E-state index contributed by atoms with van der Waals surface area (Å²) in [6, 6.07) is 16.5. The third-order valence-electron chi connectivity index (χ3n) is 8.66. The Labute approximate surface area is 248 Å². The summed E-state index contributed by atoms with van der Waals surface area (Å²) in [7, 11) is 0. The summed E-state index contributed by atoms with van der Waals surface area (Å²) < 4.78 is 5.55. The van der Waals surface area contributed by atoms with Crippen molar-refractivity contribution >= 4 is 17.7 Å². The van der Waals surface area contributed by atoms with E-state index in [4.69, 9.17) is 4.74 Å². The molecule has 0 saturated carbocycles. The third-order valence-corrected chi connectivity index (χ3v) is 9.87. The normalized spacial score (nSPS) is 17.7. The van der Waals surface area contributed by atoms with Crippen molar-refractivity contribution in [3.63, 3.8) is 0 Å². The number of aryl methyl sites for hydroxylation is 1. The molecular formula is C35H52N2O2S. The van der Waals surface area contributed by atoms with Gasteiger partial charge in [-0.3, -0.25) is 9.69 Å². The lowest BCUT2D eigenvalue weighted by atomic mass is 9.95. The van der Waals surface area contributed by atoms with E-state index in [0.29, 0.717) is 19.1 Å². The van der Waals surface area contributed by atoms with Gasteiger partial charge in [0.05, 0.1) is 6.61 Å². The fourth-order valence-electron chi connectivity index (χ4n) is 6.13. The van der Waals surface area contributed by atoms with E-state index in [-0.39, 0.29) is 5.97 Å². The highest BCUT2D eigenvalue weighted by molar-refractivity contribution is 7.99. The van der Waals surface area contributed by atoms with Crippen LogP contribution in [0.5, 0.6) is 0 Å². The van der Waals surface area contributed by atoms with Gasteiger partial charge in [-0.25, -0.2) is 0 Å². The fourth-order valence-corrected chi connectivity index (χ4v) is 7.25. The number of nitrogens with zero attached hydrogens (tertiary/aromatic N) is 2. The molecule has 2 heterocycles. The van der Waals surface area contributed by atoms with Gasteiger partial charge in [-0.2, -0.15) is 0 Å². The van der Waals surface area contributed by atoms with E-state index >= 15 is 0 Å². The van der Waals surface area contributed by atoms with Gasteiger partial charge in [0.2, 0.25) is 0 Å². The first-order chi connectivity index (χ1) is 19.7. The Morgan fingerprint density at radius 1 is 0.850 bits per heavy atom. The number of esters is 1. The molecule has 0 N–H and O–H groups in total. The van der Waals surface area contributed by atoms with Crippen LogP contribution in [0.2, 0.25) is 0 Å². The number of unbranched alkanes of at least 4 members (excludes halogenated alkanes) is 8. The predicted octanol–water partition coefficient (Wildman–Crippen LogP) is 8.47. The summed E-state index contributed by atoms with van der Waals surface area (Å²) in [5.41, 5.74) is 4.41. The quantitative estimate of drug-likeness (QED) is 0.151. The van der Waals surface area contributed by atoms with E-state index < -0.39 is 0 Å². The lowest BCUT2D eigenvalue weighted by Gasteiger charge is -2.39. The zero-order valence-corrected chi connectivity index (χ0v) is 26.0. The zero-order chi connectivity index (χ0) is 28.0. The second-order valence-corrected chi connectivity index (χ2v) is 12.8. The standard InChI is InChI=1S/C35H52N2O2S/c1-3-5-6-7-8-9-10-11-12-18-35(38)39-26-15-21-36-22-24-37(25-23-36)32-28-30-16-13-14-17-33(30)40-34-20-19-29(4-2)27-31(32)34/h13-14,16-17,19-20,27,32H,3-12,15,18,21-26,28H2,1-2H3. The molecule has 1 fully saturated rings. The minimum atomic E-state index is -0.00982. The largest absolute Gasteiger partial charge is 0.466 e. The number of hydrogen-bond donors (Lipinski definition) is 0. The van der Waals surface area contributed by atoms with Gasteiger partial charge < -0.3 is 9.64 Å². The van der Waals surface area contributed by atoms with Gasteiger partial charge in [0.15, 0.2) is 0 Å². The van der Waals surface area contributed by atoms with Crippen LogP contribution in [0.15, 0.2) is 52.3 Å². The van der Waals surface area contributed by atoms with Crippen molar-refractivity contribution in [1.29, 1.82) is 0 Å². The summed E-state index contributed by atoms with van der Waals surface area (Å²) in [4.78, 5) is 20.2. The minimum absolute atomic E-state index is 0.00982. The molecule has 0 radical (unpaired) electrons. The first-order valence-electron chi connectivity index (χ1n) is 16.2. The van der Waals surface area contributed by atoms with Crippen LogP contribution in [0.25, 0.3) is 0 Å². The topological polar surface area (TPSA) is 32.8 Å². The highest BCUT2D eigenvalue weighted by Gasteiger charge is 2.30. The van der Waals surface area contributed by atoms with Crippen molar-refractivity contribution in [2.24, 2.45) is 0 Å². The third kappa shape index (κ3) is 9.63. The molecule has 0 spiro atoms. The highest BCUT2D eigenvalue weighted by atomic mass is 32.2. The average Bonchev–Trinajstić information content (AvgIpc) is 3.15. The molecule has 1 unspecified atom stereocenters. The maximum atomic E-state index is 12.1. The summed E-state index contributed by atoms with van der Waals surface area (Å²) >= 11 is 1.94. The number of piperazine rings is 1. The van der Waals surface area contributed by atoms with Crippen LogP contribution in [-0.2, 0) is 22.4 Å². The molecule has 0 aliphatic carbocycles. The van der Waals surface area contributed by atoms with Crippen LogP contribution in [0, 0.1) is 0 Å². The van der Waals surface area contributed by atoms with Gasteiger partial charge >= 0.3 is 5.97 Å². The lowest BCUT2D eigenvalue weighted by molar-refractivity contribution is -0.144. The first-order valence-corrected chi connectivity index (χ1v) is 17.0. The van der Waals surface area contributed by atoms with E-state index in [1.54, 1.807) is 0 Å². The van der Waals surface area contributed by atoms with E-state index in [1.807, 2.05) is 11.8 Å². The maximum absolute atomic E-state index is 12.1. The van der Waals surface area contributed by atoms with Crippen LogP contribution in [0.4, 0.5) is 0 Å². The van der Waals surface area contributed by atoms with Crippen molar-refractivity contribution in [2.75, 3.05) is 39.3 Å². The van der Waals surface area contributed by atoms with Crippen LogP contribution in [0.1, 0.15) is 107 Å². The number of fused-ring (bicyclic) bond motifs is 2. The molecule has 0 amide bonds. The van der Waals surface area contributed by atoms with Gasteiger partial charge in [0.25, 0.3) is 0 Å². The molecule has 4 rings (SSSR count). The fraction of sp³-hybridized carbons (Fsp3) is 0.629. The number of ether oxygens (including phenoxy) is 1. The van der Waals surface area contributed by atoms with Crippen LogP contribution in [-0.4, -0.2) is 55.1 Å². The Morgan fingerprint density at radius 3 is 2.33 bits per heavy atom. The Morgan fingerprint density at radius 2 is 1.57 bits per heavy atom. The molecule has 220 valence electrons. The van der Waals surface area contributed by atoms with Crippen LogP contribution >= 0.6 is 11.8 Å². The summed E-state index contributed by atoms with van der Waals surface area (Å²) in [6.45, 7) is 10.4. The number of carbonyl (C=O) groups excluding carboxylic acids is 1. The average molecular weight is 565 g/mol. The molecule has 5 heteroatoms. The second kappa shape index (κ2) is 17.2. The smallest absolute Gasteiger partial charge is 0.305 e. The Hall–Kier alpha value is -1.82. The van der Waals surface area contributed by atoms with Gasteiger partial charge in [-0.05, 0) is 54.5 Å². The van der Waals surface area contributed by atoms with Crippen molar-refractivity contribution < 1.29 is 9.53 Å². The SMILES string of the molecule is CCCCCCCCCCCC(=O)OCCCN1CCN(C2Cc3ccccc3Sc3ccc(CC)cc32)CC1. The van der Waals surface area contributed by atoms with Gasteiger partial charge in [-0.1, -0.05) is 107 Å². The van der Waals surface area contributed by atoms with Gasteiger partial charge in [0.1, 0.15) is 0 Å². The first kappa shape index (κ1) is 31.1. The van der Waals surface area contributed by atoms with E-state index in [2.05, 4.69) is 66.1 Å². The molecule has 4 nitrogen and oxygen atoms in total. The summed E-state index contributed by atoms with van der Waals surface area (Å²) in [5, 5.41) is 0. The number of carbonyl (C=O) groups is 1. The van der Waals surface area contributed by atoms with E-state index in [0.717, 1.165) is 64.8 Å². The van der Waals surface area contributed by atoms with Crippen LogP contribution in [0.3, 0.4) is 0 Å². The minimum Gasteiger partial charge on any atom is -0.466 e. The second-order valence-electron chi connectivity index (χ2n) is 11.7. The molecule has 1 saturated heterocycles. The summed E-state index contributed by atoms with van der Waals surface area (Å²) in [6.07, 6.45) is 15.1. The molecule has 2 aliphatic heterocycles. The molecule has 1 atom stereocenters. The molecule has 2 aromatic rings. The number of benzene rings is 2. The van der Waals surface area contributed by atoms with Crippen LogP contribution < -0.4 is 0 Å². The molecule has 40 heavy (non-hydrogen) atoms. The van der Waals surface area contributed by atoms with Crippen molar-refractivity contribution in [1.82, 2.24) is 9.80 Å². The lowest BCUT2D eigenvalue weighted by Crippen LogP contribution is -2.48. The Balaban J connectivity index is 1.14. The molecular weight excluding hydrogens is 512 g/mol.